The number of halogens is 1. The molecule has 3 heteroatoms. The first-order valence-corrected chi connectivity index (χ1v) is 6.62. The Bertz CT molecular complexity index is 425. The smallest absolute Gasteiger partial charge is 0.123 e. The summed E-state index contributed by atoms with van der Waals surface area (Å²) in [6, 6.07) is 4.63. The Hall–Kier alpha value is -0.930. The zero-order chi connectivity index (χ0) is 13.3. The molecule has 2 nitrogen and oxygen atoms in total. The van der Waals surface area contributed by atoms with E-state index >= 15 is 0 Å². The molecule has 1 atom stereocenters. The molecule has 0 amide bonds. The van der Waals surface area contributed by atoms with Crippen LogP contribution < -0.4 is 0 Å². The molecule has 0 radical (unpaired) electrons. The van der Waals surface area contributed by atoms with Crippen LogP contribution in [-0.4, -0.2) is 28.6 Å². The van der Waals surface area contributed by atoms with Crippen molar-refractivity contribution in [2.24, 2.45) is 0 Å². The van der Waals surface area contributed by atoms with Crippen LogP contribution in [0.3, 0.4) is 0 Å². The van der Waals surface area contributed by atoms with Crippen LogP contribution in [0.25, 0.3) is 0 Å². The zero-order valence-electron chi connectivity index (χ0n) is 11.4. The molecule has 1 unspecified atom stereocenters. The van der Waals surface area contributed by atoms with Gasteiger partial charge in [0.1, 0.15) is 5.82 Å². The molecule has 2 rings (SSSR count). The third-order valence-electron chi connectivity index (χ3n) is 4.13. The second-order valence-electron chi connectivity index (χ2n) is 5.75. The van der Waals surface area contributed by atoms with Gasteiger partial charge in [0.05, 0.1) is 6.10 Å². The van der Waals surface area contributed by atoms with E-state index in [1.807, 2.05) is 20.8 Å². The highest BCUT2D eigenvalue weighted by Gasteiger charge is 2.37. The fourth-order valence-corrected chi connectivity index (χ4v) is 2.75. The maximum Gasteiger partial charge on any atom is 0.123 e. The van der Waals surface area contributed by atoms with Crippen molar-refractivity contribution in [2.75, 3.05) is 13.1 Å². The molecule has 1 aliphatic rings. The topological polar surface area (TPSA) is 23.5 Å². The Morgan fingerprint density at radius 3 is 2.50 bits per heavy atom. The highest BCUT2D eigenvalue weighted by molar-refractivity contribution is 5.30. The van der Waals surface area contributed by atoms with E-state index in [9.17, 15) is 9.50 Å². The Kier molecular flexibility index (Phi) is 3.74. The maximum absolute atomic E-state index is 13.3. The first-order chi connectivity index (χ1) is 8.43. The molecule has 1 heterocycles. The van der Waals surface area contributed by atoms with Gasteiger partial charge in [0.2, 0.25) is 0 Å². The number of hydrogen-bond donors (Lipinski definition) is 1. The predicted molar refractivity (Wildman–Crippen MR) is 71.0 cm³/mol. The highest BCUT2D eigenvalue weighted by atomic mass is 19.1. The van der Waals surface area contributed by atoms with Crippen LogP contribution in [0.15, 0.2) is 18.2 Å². The lowest BCUT2D eigenvalue weighted by Gasteiger charge is -2.40. The van der Waals surface area contributed by atoms with Crippen molar-refractivity contribution >= 4 is 0 Å². The summed E-state index contributed by atoms with van der Waals surface area (Å²) >= 11 is 0. The SMILES string of the molecule is Cc1ccc(F)cc1C(O)C(C)(C)N1CCCC1. The molecule has 18 heavy (non-hydrogen) atoms. The van der Waals surface area contributed by atoms with Gasteiger partial charge in [-0.05, 0) is 70.0 Å². The first kappa shape index (κ1) is 13.5. The molecule has 1 N–H and O–H groups in total. The largest absolute Gasteiger partial charge is 0.386 e. The van der Waals surface area contributed by atoms with Crippen molar-refractivity contribution in [3.05, 3.63) is 35.1 Å². The van der Waals surface area contributed by atoms with Crippen molar-refractivity contribution in [1.82, 2.24) is 4.90 Å². The van der Waals surface area contributed by atoms with Gasteiger partial charge in [-0.25, -0.2) is 4.39 Å². The monoisotopic (exact) mass is 251 g/mol. The summed E-state index contributed by atoms with van der Waals surface area (Å²) in [6.45, 7) is 8.01. The molecule has 1 aromatic rings. The number of aryl methyl sites for hydroxylation is 1. The summed E-state index contributed by atoms with van der Waals surface area (Å²) in [4.78, 5) is 2.29. The maximum atomic E-state index is 13.3. The summed E-state index contributed by atoms with van der Waals surface area (Å²) in [7, 11) is 0. The number of benzene rings is 1. The van der Waals surface area contributed by atoms with E-state index in [1.54, 1.807) is 6.07 Å². The average molecular weight is 251 g/mol. The number of aliphatic hydroxyl groups excluding tert-OH is 1. The van der Waals surface area contributed by atoms with Gasteiger partial charge >= 0.3 is 0 Å². The standard InChI is InChI=1S/C15H22FNO/c1-11-6-7-12(16)10-13(11)14(18)15(2,3)17-8-4-5-9-17/h6-7,10,14,18H,4-5,8-9H2,1-3H3. The highest BCUT2D eigenvalue weighted by Crippen LogP contribution is 2.34. The summed E-state index contributed by atoms with van der Waals surface area (Å²) in [5, 5.41) is 10.6. The minimum Gasteiger partial charge on any atom is -0.386 e. The van der Waals surface area contributed by atoms with E-state index < -0.39 is 6.10 Å². The van der Waals surface area contributed by atoms with Gasteiger partial charge in [0.25, 0.3) is 0 Å². The van der Waals surface area contributed by atoms with Gasteiger partial charge in [-0.15, -0.1) is 0 Å². The lowest BCUT2D eigenvalue weighted by Crippen LogP contribution is -2.47. The van der Waals surface area contributed by atoms with E-state index in [1.165, 1.54) is 25.0 Å². The summed E-state index contributed by atoms with van der Waals surface area (Å²) in [6.07, 6.45) is 1.70. The third-order valence-corrected chi connectivity index (χ3v) is 4.13. The van der Waals surface area contributed by atoms with E-state index in [0.29, 0.717) is 5.56 Å². The van der Waals surface area contributed by atoms with Crippen molar-refractivity contribution in [3.63, 3.8) is 0 Å². The molecule has 1 aromatic carbocycles. The molecule has 0 bridgehead atoms. The molecule has 1 fully saturated rings. The van der Waals surface area contributed by atoms with Crippen molar-refractivity contribution < 1.29 is 9.50 Å². The van der Waals surface area contributed by atoms with Gasteiger partial charge in [-0.3, -0.25) is 4.90 Å². The summed E-state index contributed by atoms with van der Waals surface area (Å²) < 4.78 is 13.3. The van der Waals surface area contributed by atoms with Gasteiger partial charge in [0, 0.05) is 5.54 Å². The molecule has 100 valence electrons. The number of hydrogen-bond acceptors (Lipinski definition) is 2. The van der Waals surface area contributed by atoms with E-state index in [-0.39, 0.29) is 11.4 Å². The van der Waals surface area contributed by atoms with Crippen LogP contribution in [0, 0.1) is 12.7 Å². The Balaban J connectivity index is 2.28. The fourth-order valence-electron chi connectivity index (χ4n) is 2.75. The molecule has 0 saturated carbocycles. The van der Waals surface area contributed by atoms with Crippen LogP contribution >= 0.6 is 0 Å². The van der Waals surface area contributed by atoms with Crippen LogP contribution in [0.2, 0.25) is 0 Å². The van der Waals surface area contributed by atoms with Crippen molar-refractivity contribution in [1.29, 1.82) is 0 Å². The van der Waals surface area contributed by atoms with Crippen molar-refractivity contribution in [3.8, 4) is 0 Å². The minimum absolute atomic E-state index is 0.285. The normalized spacial score (nSPS) is 19.2. The van der Waals surface area contributed by atoms with Crippen LogP contribution in [0.5, 0.6) is 0 Å². The Labute approximate surface area is 108 Å². The van der Waals surface area contributed by atoms with Crippen molar-refractivity contribution in [2.45, 2.75) is 45.3 Å². The third kappa shape index (κ3) is 2.43. The lowest BCUT2D eigenvalue weighted by molar-refractivity contribution is 0.000815. The second-order valence-corrected chi connectivity index (χ2v) is 5.75. The van der Waals surface area contributed by atoms with Crippen LogP contribution in [0.4, 0.5) is 4.39 Å². The lowest BCUT2D eigenvalue weighted by atomic mass is 9.87. The average Bonchev–Trinajstić information content (AvgIpc) is 2.85. The fraction of sp³-hybridized carbons (Fsp3) is 0.600. The van der Waals surface area contributed by atoms with Gasteiger partial charge in [0.15, 0.2) is 0 Å². The number of rotatable bonds is 3. The molecular formula is C15H22FNO. The Morgan fingerprint density at radius 2 is 1.89 bits per heavy atom. The molecular weight excluding hydrogens is 229 g/mol. The zero-order valence-corrected chi connectivity index (χ0v) is 11.4. The number of aliphatic hydroxyl groups is 1. The van der Waals surface area contributed by atoms with E-state index in [0.717, 1.165) is 18.7 Å². The number of nitrogens with zero attached hydrogens (tertiary/aromatic N) is 1. The predicted octanol–water partition coefficient (Wildman–Crippen LogP) is 3.04. The molecule has 1 aliphatic heterocycles. The second kappa shape index (κ2) is 4.98. The van der Waals surface area contributed by atoms with Gasteiger partial charge < -0.3 is 5.11 Å². The van der Waals surface area contributed by atoms with Crippen LogP contribution in [-0.2, 0) is 0 Å². The van der Waals surface area contributed by atoms with E-state index in [4.69, 9.17) is 0 Å². The van der Waals surface area contributed by atoms with Gasteiger partial charge in [-0.2, -0.15) is 0 Å². The summed E-state index contributed by atoms with van der Waals surface area (Å²) in [5.41, 5.74) is 1.29. The molecule has 0 spiro atoms. The summed E-state index contributed by atoms with van der Waals surface area (Å²) in [5.74, 6) is -0.285. The molecule has 0 aromatic heterocycles. The first-order valence-electron chi connectivity index (χ1n) is 6.62. The molecule has 1 saturated heterocycles. The number of likely N-dealkylation sites (tertiary alicyclic amines) is 1. The van der Waals surface area contributed by atoms with Crippen LogP contribution in [0.1, 0.15) is 43.9 Å². The van der Waals surface area contributed by atoms with E-state index in [2.05, 4.69) is 4.90 Å². The van der Waals surface area contributed by atoms with Gasteiger partial charge in [-0.1, -0.05) is 6.07 Å². The quantitative estimate of drug-likeness (QED) is 0.892. The minimum atomic E-state index is -0.661. The Morgan fingerprint density at radius 1 is 1.28 bits per heavy atom. The molecule has 0 aliphatic carbocycles.